The first-order valence-electron chi connectivity index (χ1n) is 10.0. The molecule has 0 atom stereocenters. The van der Waals surface area contributed by atoms with E-state index in [1.54, 1.807) is 10.9 Å². The smallest absolute Gasteiger partial charge is 0.416 e. The summed E-state index contributed by atoms with van der Waals surface area (Å²) >= 11 is 0. The van der Waals surface area contributed by atoms with Crippen molar-refractivity contribution in [2.45, 2.75) is 19.5 Å². The Morgan fingerprint density at radius 3 is 2.44 bits per heavy atom. The van der Waals surface area contributed by atoms with Crippen LogP contribution in [0.25, 0.3) is 5.69 Å². The number of alkyl halides is 3. The summed E-state index contributed by atoms with van der Waals surface area (Å²) in [5.74, 6) is 1.87. The fourth-order valence-corrected chi connectivity index (χ4v) is 3.72. The van der Waals surface area contributed by atoms with Crippen molar-refractivity contribution in [2.75, 3.05) is 0 Å². The van der Waals surface area contributed by atoms with Gasteiger partial charge in [0.1, 0.15) is 5.75 Å². The Morgan fingerprint density at radius 2 is 1.72 bits per heavy atom. The molecule has 160 valence electrons. The Bertz CT molecular complexity index is 1310. The molecule has 32 heavy (non-hydrogen) atoms. The number of hydrogen-bond acceptors (Lipinski definition) is 3. The first-order valence-corrected chi connectivity index (χ1v) is 10.0. The average molecular weight is 433 g/mol. The van der Waals surface area contributed by atoms with Crippen LogP contribution in [-0.2, 0) is 12.6 Å². The van der Waals surface area contributed by atoms with Crippen LogP contribution in [0.3, 0.4) is 0 Å². The molecule has 0 radical (unpaired) electrons. The summed E-state index contributed by atoms with van der Waals surface area (Å²) in [4.78, 5) is 4.63. The third-order valence-electron chi connectivity index (χ3n) is 5.35. The Morgan fingerprint density at radius 1 is 0.969 bits per heavy atom. The number of hydrogen-bond donors (Lipinski definition) is 0. The fourth-order valence-electron chi connectivity index (χ4n) is 3.72. The zero-order valence-corrected chi connectivity index (χ0v) is 17.1. The van der Waals surface area contributed by atoms with Crippen molar-refractivity contribution in [1.29, 1.82) is 0 Å². The van der Waals surface area contributed by atoms with E-state index >= 15 is 0 Å². The van der Waals surface area contributed by atoms with E-state index in [-0.39, 0.29) is 0 Å². The number of halogens is 3. The van der Waals surface area contributed by atoms with Crippen LogP contribution >= 0.6 is 0 Å². The molecule has 0 N–H and O–H groups in total. The van der Waals surface area contributed by atoms with Gasteiger partial charge in [0.2, 0.25) is 5.88 Å². The first-order chi connectivity index (χ1) is 15.4. The highest BCUT2D eigenvalue weighted by atomic mass is 19.4. The molecule has 0 spiro atoms. The van der Waals surface area contributed by atoms with Crippen LogP contribution < -0.4 is 4.74 Å². The second-order valence-corrected chi connectivity index (χ2v) is 7.57. The van der Waals surface area contributed by atoms with Crippen LogP contribution in [0.15, 0.2) is 77.8 Å². The van der Waals surface area contributed by atoms with Gasteiger partial charge in [-0.25, -0.2) is 9.67 Å². The van der Waals surface area contributed by atoms with Gasteiger partial charge in [-0.3, -0.25) is 0 Å². The Hall–Kier alpha value is -3.87. The maximum absolute atomic E-state index is 12.8. The lowest BCUT2D eigenvalue weighted by Crippen LogP contribution is -2.04. The minimum atomic E-state index is -4.37. The van der Waals surface area contributed by atoms with Crippen LogP contribution in [0.2, 0.25) is 0 Å². The van der Waals surface area contributed by atoms with Gasteiger partial charge < -0.3 is 4.74 Å². The molecular weight excluding hydrogens is 415 g/mol. The van der Waals surface area contributed by atoms with E-state index in [0.29, 0.717) is 23.7 Å². The lowest BCUT2D eigenvalue weighted by atomic mass is 10.0. The van der Waals surface area contributed by atoms with Crippen molar-refractivity contribution in [3.05, 3.63) is 101 Å². The molecule has 0 fully saturated rings. The summed E-state index contributed by atoms with van der Waals surface area (Å²) in [5.41, 5.74) is 3.57. The largest absolute Gasteiger partial charge is 0.437 e. The molecule has 2 heterocycles. The number of para-hydroxylation sites is 2. The van der Waals surface area contributed by atoms with Crippen molar-refractivity contribution in [3.63, 3.8) is 0 Å². The predicted octanol–water partition coefficient (Wildman–Crippen LogP) is 6.65. The Kier molecular flexibility index (Phi) is 4.81. The van der Waals surface area contributed by atoms with E-state index in [1.807, 2.05) is 55.5 Å². The van der Waals surface area contributed by atoms with Gasteiger partial charge in [0, 0.05) is 12.6 Å². The number of aryl methyl sites for hydroxylation is 1. The molecule has 1 aliphatic rings. The van der Waals surface area contributed by atoms with Gasteiger partial charge in [0.15, 0.2) is 5.82 Å². The number of nitrogens with zero attached hydrogens (tertiary/aromatic N) is 3. The lowest BCUT2D eigenvalue weighted by molar-refractivity contribution is -0.137. The molecule has 1 aromatic heterocycles. The van der Waals surface area contributed by atoms with Gasteiger partial charge in [0.25, 0.3) is 0 Å². The fraction of sp³-hybridized carbons (Fsp3) is 0.120. The van der Waals surface area contributed by atoms with E-state index in [4.69, 9.17) is 4.74 Å². The molecule has 4 nitrogen and oxygen atoms in total. The second-order valence-electron chi connectivity index (χ2n) is 7.57. The van der Waals surface area contributed by atoms with E-state index in [1.165, 1.54) is 12.1 Å². The monoisotopic (exact) mass is 433 g/mol. The molecule has 0 amide bonds. The van der Waals surface area contributed by atoms with E-state index in [2.05, 4.69) is 10.1 Å². The van der Waals surface area contributed by atoms with Crippen molar-refractivity contribution in [1.82, 2.24) is 9.78 Å². The maximum atomic E-state index is 12.8. The van der Waals surface area contributed by atoms with E-state index < -0.39 is 11.7 Å². The van der Waals surface area contributed by atoms with Gasteiger partial charge in [-0.15, -0.1) is 5.10 Å². The molecule has 4 aromatic rings. The molecule has 0 saturated carbocycles. The zero-order chi connectivity index (χ0) is 22.3. The lowest BCUT2D eigenvalue weighted by Gasteiger charge is -2.17. The van der Waals surface area contributed by atoms with E-state index in [9.17, 15) is 13.2 Å². The highest BCUT2D eigenvalue weighted by Crippen LogP contribution is 2.43. The van der Waals surface area contributed by atoms with Crippen molar-refractivity contribution in [2.24, 2.45) is 4.99 Å². The van der Waals surface area contributed by atoms with Gasteiger partial charge >= 0.3 is 6.18 Å². The van der Waals surface area contributed by atoms with Gasteiger partial charge in [0.05, 0.1) is 16.8 Å². The van der Waals surface area contributed by atoms with Crippen molar-refractivity contribution >= 4 is 12.0 Å². The molecule has 7 heteroatoms. The summed E-state index contributed by atoms with van der Waals surface area (Å²) in [6, 6.07) is 20.4. The van der Waals surface area contributed by atoms with E-state index in [0.717, 1.165) is 40.3 Å². The summed E-state index contributed by atoms with van der Waals surface area (Å²) in [6.45, 7) is 1.99. The Labute approximate surface area is 182 Å². The second kappa shape index (κ2) is 7.67. The summed E-state index contributed by atoms with van der Waals surface area (Å²) in [7, 11) is 0. The maximum Gasteiger partial charge on any atom is 0.416 e. The molecule has 5 rings (SSSR count). The number of aromatic nitrogens is 2. The van der Waals surface area contributed by atoms with Crippen LogP contribution in [0.1, 0.15) is 27.8 Å². The number of ether oxygens (including phenoxy) is 1. The highest BCUT2D eigenvalue weighted by molar-refractivity contribution is 5.82. The number of rotatable bonds is 3. The van der Waals surface area contributed by atoms with Crippen LogP contribution in [0, 0.1) is 6.92 Å². The summed E-state index contributed by atoms with van der Waals surface area (Å²) < 4.78 is 46.4. The number of aliphatic imine (C=N–C) groups is 1. The standard InChI is InChI=1S/C25H18F3N3O/c1-16-6-5-7-18-14-21-23(29-15-17-10-12-19(13-11-17)25(26,27)28)31(20-8-3-2-4-9-20)30-24(21)32-22(16)18/h2-13,15H,14H2,1H3. The molecule has 0 saturated heterocycles. The molecule has 0 aliphatic carbocycles. The van der Waals surface area contributed by atoms with Gasteiger partial charge in [-0.05, 0) is 47.9 Å². The quantitative estimate of drug-likeness (QED) is 0.299. The topological polar surface area (TPSA) is 39.4 Å². The molecule has 0 unspecified atom stereocenters. The summed E-state index contributed by atoms with van der Waals surface area (Å²) in [5, 5.41) is 4.65. The molecule has 3 aromatic carbocycles. The third kappa shape index (κ3) is 3.66. The first kappa shape index (κ1) is 20.1. The average Bonchev–Trinajstić information content (AvgIpc) is 3.14. The van der Waals surface area contributed by atoms with Crippen LogP contribution in [0.5, 0.6) is 11.6 Å². The summed E-state index contributed by atoms with van der Waals surface area (Å²) in [6.07, 6.45) is -2.23. The van der Waals surface area contributed by atoms with Gasteiger partial charge in [-0.2, -0.15) is 13.2 Å². The molecule has 0 bridgehead atoms. The minimum Gasteiger partial charge on any atom is -0.437 e. The van der Waals surface area contributed by atoms with Crippen LogP contribution in [-0.4, -0.2) is 16.0 Å². The Balaban J connectivity index is 1.57. The minimum absolute atomic E-state index is 0.482. The zero-order valence-electron chi connectivity index (χ0n) is 17.1. The van der Waals surface area contributed by atoms with Crippen molar-refractivity contribution in [3.8, 4) is 17.3 Å². The predicted molar refractivity (Wildman–Crippen MR) is 116 cm³/mol. The number of benzene rings is 3. The number of fused-ring (bicyclic) bond motifs is 2. The SMILES string of the molecule is Cc1cccc2c1Oc1nn(-c3ccccc3)c(N=Cc3ccc(C(F)(F)F)cc3)c1C2. The third-order valence-corrected chi connectivity index (χ3v) is 5.35. The normalized spacial score (nSPS) is 13.0. The molecule has 1 aliphatic heterocycles. The van der Waals surface area contributed by atoms with Crippen LogP contribution in [0.4, 0.5) is 19.0 Å². The van der Waals surface area contributed by atoms with Crippen molar-refractivity contribution < 1.29 is 17.9 Å². The highest BCUT2D eigenvalue weighted by Gasteiger charge is 2.30. The molecular formula is C25H18F3N3O. The van der Waals surface area contributed by atoms with Gasteiger partial charge in [-0.1, -0.05) is 48.5 Å².